The maximum atomic E-state index is 6.01. The highest BCUT2D eigenvalue weighted by Crippen LogP contribution is 2.23. The molecule has 2 heteroatoms. The summed E-state index contributed by atoms with van der Waals surface area (Å²) < 4.78 is 6.01. The molecule has 0 amide bonds. The van der Waals surface area contributed by atoms with Crippen LogP contribution in [-0.4, -0.2) is 12.1 Å². The lowest BCUT2D eigenvalue weighted by molar-refractivity contribution is 0.144. The van der Waals surface area contributed by atoms with Gasteiger partial charge in [-0.25, -0.2) is 0 Å². The summed E-state index contributed by atoms with van der Waals surface area (Å²) in [6.45, 7) is 2.23. The van der Waals surface area contributed by atoms with E-state index >= 15 is 0 Å². The van der Waals surface area contributed by atoms with E-state index < -0.39 is 0 Å². The standard InChI is InChI=1S/C16H25NO/c1-2-3-5-13-8-10-15(11-9-13)18-16-7-4-6-14(17)12-16/h8-11,14,16H,2-7,12,17H2,1H3. The van der Waals surface area contributed by atoms with Gasteiger partial charge in [0.15, 0.2) is 0 Å². The summed E-state index contributed by atoms with van der Waals surface area (Å²) >= 11 is 0. The summed E-state index contributed by atoms with van der Waals surface area (Å²) in [5.74, 6) is 0.995. The number of benzene rings is 1. The van der Waals surface area contributed by atoms with Crippen LogP contribution in [0.3, 0.4) is 0 Å². The average molecular weight is 247 g/mol. The first kappa shape index (κ1) is 13.4. The molecule has 0 saturated heterocycles. The van der Waals surface area contributed by atoms with Crippen molar-refractivity contribution in [2.24, 2.45) is 5.73 Å². The Hall–Kier alpha value is -1.02. The molecule has 0 spiro atoms. The highest BCUT2D eigenvalue weighted by molar-refractivity contribution is 5.27. The predicted octanol–water partition coefficient (Wildman–Crippen LogP) is 3.68. The Balaban J connectivity index is 1.85. The van der Waals surface area contributed by atoms with E-state index in [-0.39, 0.29) is 0 Å². The Morgan fingerprint density at radius 1 is 1.22 bits per heavy atom. The fraction of sp³-hybridized carbons (Fsp3) is 0.625. The highest BCUT2D eigenvalue weighted by Gasteiger charge is 2.20. The zero-order valence-electron chi connectivity index (χ0n) is 11.4. The third-order valence-electron chi connectivity index (χ3n) is 3.71. The maximum absolute atomic E-state index is 6.01. The minimum atomic E-state index is 0.315. The van der Waals surface area contributed by atoms with E-state index in [0.717, 1.165) is 25.0 Å². The minimum Gasteiger partial charge on any atom is -0.490 e. The number of ether oxygens (including phenoxy) is 1. The van der Waals surface area contributed by atoms with Crippen molar-refractivity contribution in [2.75, 3.05) is 0 Å². The molecule has 2 N–H and O–H groups in total. The number of nitrogens with two attached hydrogens (primary N) is 1. The first-order valence-corrected chi connectivity index (χ1v) is 7.29. The summed E-state index contributed by atoms with van der Waals surface area (Å²) in [7, 11) is 0. The molecule has 0 bridgehead atoms. The van der Waals surface area contributed by atoms with Gasteiger partial charge in [0.1, 0.15) is 11.9 Å². The molecule has 0 heterocycles. The van der Waals surface area contributed by atoms with Crippen LogP contribution in [0.5, 0.6) is 5.75 Å². The molecule has 0 radical (unpaired) electrons. The van der Waals surface area contributed by atoms with Gasteiger partial charge >= 0.3 is 0 Å². The molecular formula is C16H25NO. The minimum absolute atomic E-state index is 0.315. The summed E-state index contributed by atoms with van der Waals surface area (Å²) in [5, 5.41) is 0. The quantitative estimate of drug-likeness (QED) is 0.861. The van der Waals surface area contributed by atoms with E-state index in [0.29, 0.717) is 12.1 Å². The number of hydrogen-bond donors (Lipinski definition) is 1. The summed E-state index contributed by atoms with van der Waals surface area (Å²) in [5.41, 5.74) is 7.38. The molecule has 2 atom stereocenters. The van der Waals surface area contributed by atoms with Gasteiger partial charge in [0.2, 0.25) is 0 Å². The second-order valence-electron chi connectivity index (χ2n) is 5.41. The molecule has 1 saturated carbocycles. The van der Waals surface area contributed by atoms with Gasteiger partial charge in [0, 0.05) is 6.04 Å². The van der Waals surface area contributed by atoms with E-state index in [4.69, 9.17) is 10.5 Å². The van der Waals surface area contributed by atoms with Crippen LogP contribution in [0.15, 0.2) is 24.3 Å². The van der Waals surface area contributed by atoms with Crippen LogP contribution in [0.2, 0.25) is 0 Å². The molecule has 18 heavy (non-hydrogen) atoms. The zero-order chi connectivity index (χ0) is 12.8. The van der Waals surface area contributed by atoms with E-state index in [1.54, 1.807) is 0 Å². The number of unbranched alkanes of at least 4 members (excludes halogenated alkanes) is 1. The van der Waals surface area contributed by atoms with Crippen molar-refractivity contribution in [3.63, 3.8) is 0 Å². The molecule has 1 aromatic carbocycles. The lowest BCUT2D eigenvalue weighted by Crippen LogP contribution is -2.33. The van der Waals surface area contributed by atoms with Crippen LogP contribution < -0.4 is 10.5 Å². The highest BCUT2D eigenvalue weighted by atomic mass is 16.5. The van der Waals surface area contributed by atoms with Crippen molar-refractivity contribution in [2.45, 2.75) is 64.0 Å². The fourth-order valence-corrected chi connectivity index (χ4v) is 2.60. The van der Waals surface area contributed by atoms with Crippen molar-refractivity contribution < 1.29 is 4.74 Å². The topological polar surface area (TPSA) is 35.2 Å². The van der Waals surface area contributed by atoms with Gasteiger partial charge in [-0.1, -0.05) is 25.5 Å². The Morgan fingerprint density at radius 2 is 2.00 bits per heavy atom. The lowest BCUT2D eigenvalue weighted by atomic mass is 9.93. The first-order chi connectivity index (χ1) is 8.78. The van der Waals surface area contributed by atoms with Crippen LogP contribution in [0.1, 0.15) is 51.0 Å². The van der Waals surface area contributed by atoms with Gasteiger partial charge in [-0.15, -0.1) is 0 Å². The monoisotopic (exact) mass is 247 g/mol. The van der Waals surface area contributed by atoms with Crippen molar-refractivity contribution >= 4 is 0 Å². The first-order valence-electron chi connectivity index (χ1n) is 7.29. The van der Waals surface area contributed by atoms with Gasteiger partial charge in [0.05, 0.1) is 0 Å². The smallest absolute Gasteiger partial charge is 0.119 e. The average Bonchev–Trinajstić information content (AvgIpc) is 2.38. The summed E-state index contributed by atoms with van der Waals surface area (Å²) in [6, 6.07) is 8.91. The van der Waals surface area contributed by atoms with Crippen molar-refractivity contribution in [3.05, 3.63) is 29.8 Å². The van der Waals surface area contributed by atoms with Crippen LogP contribution >= 0.6 is 0 Å². The lowest BCUT2D eigenvalue weighted by Gasteiger charge is -2.27. The molecule has 0 aromatic heterocycles. The third kappa shape index (κ3) is 4.02. The zero-order valence-corrected chi connectivity index (χ0v) is 11.4. The third-order valence-corrected chi connectivity index (χ3v) is 3.71. The van der Waals surface area contributed by atoms with E-state index in [1.807, 2.05) is 0 Å². The number of aryl methyl sites for hydroxylation is 1. The second kappa shape index (κ2) is 6.79. The summed E-state index contributed by atoms with van der Waals surface area (Å²) in [4.78, 5) is 0. The Morgan fingerprint density at radius 3 is 2.67 bits per heavy atom. The largest absolute Gasteiger partial charge is 0.490 e. The van der Waals surface area contributed by atoms with Crippen LogP contribution in [-0.2, 0) is 6.42 Å². The van der Waals surface area contributed by atoms with Gasteiger partial charge in [-0.3, -0.25) is 0 Å². The number of rotatable bonds is 5. The summed E-state index contributed by atoms with van der Waals surface area (Å²) in [6.07, 6.45) is 8.48. The van der Waals surface area contributed by atoms with Gasteiger partial charge in [-0.2, -0.15) is 0 Å². The molecule has 100 valence electrons. The van der Waals surface area contributed by atoms with Crippen LogP contribution in [0.25, 0.3) is 0 Å². The van der Waals surface area contributed by atoms with Gasteiger partial charge in [0.25, 0.3) is 0 Å². The molecule has 1 aliphatic rings. The number of hydrogen-bond acceptors (Lipinski definition) is 2. The van der Waals surface area contributed by atoms with E-state index in [2.05, 4.69) is 31.2 Å². The molecule has 1 aliphatic carbocycles. The molecule has 1 fully saturated rings. The van der Waals surface area contributed by atoms with Crippen molar-refractivity contribution in [1.29, 1.82) is 0 Å². The molecule has 1 aromatic rings. The molecule has 2 nitrogen and oxygen atoms in total. The Kier molecular flexibility index (Phi) is 5.06. The SMILES string of the molecule is CCCCc1ccc(OC2CCCC(N)C2)cc1. The molecular weight excluding hydrogens is 222 g/mol. The Labute approximate surface area is 111 Å². The van der Waals surface area contributed by atoms with Gasteiger partial charge in [-0.05, 0) is 56.2 Å². The van der Waals surface area contributed by atoms with Crippen LogP contribution in [0, 0.1) is 0 Å². The predicted molar refractivity (Wildman–Crippen MR) is 75.9 cm³/mol. The molecule has 0 aliphatic heterocycles. The Bertz CT molecular complexity index is 347. The van der Waals surface area contributed by atoms with Crippen molar-refractivity contribution in [1.82, 2.24) is 0 Å². The molecule has 2 rings (SSSR count). The molecule has 2 unspecified atom stereocenters. The van der Waals surface area contributed by atoms with Crippen molar-refractivity contribution in [3.8, 4) is 5.75 Å². The van der Waals surface area contributed by atoms with E-state index in [1.165, 1.54) is 31.2 Å². The second-order valence-corrected chi connectivity index (χ2v) is 5.41. The van der Waals surface area contributed by atoms with E-state index in [9.17, 15) is 0 Å². The fourth-order valence-electron chi connectivity index (χ4n) is 2.60. The normalized spacial score (nSPS) is 23.9. The van der Waals surface area contributed by atoms with Crippen LogP contribution in [0.4, 0.5) is 0 Å². The maximum Gasteiger partial charge on any atom is 0.119 e. The van der Waals surface area contributed by atoms with Gasteiger partial charge < -0.3 is 10.5 Å².